The summed E-state index contributed by atoms with van der Waals surface area (Å²) >= 11 is 3.19. The summed E-state index contributed by atoms with van der Waals surface area (Å²) in [6.45, 7) is 8.47. The van der Waals surface area contributed by atoms with Crippen LogP contribution >= 0.6 is 15.9 Å². The number of hydrogen-bond acceptors (Lipinski definition) is 10. The van der Waals surface area contributed by atoms with E-state index in [9.17, 15) is 4.39 Å². The molecule has 208 valence electrons. The highest BCUT2D eigenvalue weighted by Crippen LogP contribution is 2.32. The Kier molecular flexibility index (Phi) is 9.33. The Balaban J connectivity index is 0.000000236. The first-order valence-corrected chi connectivity index (χ1v) is 13.2. The van der Waals surface area contributed by atoms with Crippen LogP contribution in [0.4, 0.5) is 4.39 Å². The molecule has 12 heteroatoms. The lowest BCUT2D eigenvalue weighted by molar-refractivity contribution is 0.201. The second-order valence-corrected chi connectivity index (χ2v) is 10.7. The first-order valence-electron chi connectivity index (χ1n) is 12.4. The molecule has 0 aliphatic carbocycles. The van der Waals surface area contributed by atoms with E-state index in [0.717, 1.165) is 17.7 Å². The van der Waals surface area contributed by atoms with Gasteiger partial charge in [0.05, 0.1) is 29.2 Å². The number of ether oxygens (including phenoxy) is 1. The molecule has 0 spiro atoms. The normalized spacial score (nSPS) is 12.5. The van der Waals surface area contributed by atoms with Crippen molar-refractivity contribution in [3.8, 4) is 39.8 Å². The molecule has 0 aromatic carbocycles. The standard InChI is InChI=1S/C20H25N5O2.C8H4BrFN2O/c1-13(2)8-20(4,21)11-26-19-16(18-10-22-12-27-18)7-15(9-24-19)17-5-6-23-14(3)25-17;9-5-1-6(8(10)12-2-5)7-3-11-4-13-7/h5-7,9-10,12-13H,8,11,21H2,1-4H3;1-4H/t20-;/m0./s1. The van der Waals surface area contributed by atoms with Crippen LogP contribution in [0.1, 0.15) is 33.0 Å². The van der Waals surface area contributed by atoms with Gasteiger partial charge in [-0.15, -0.1) is 0 Å². The first-order chi connectivity index (χ1) is 19.1. The molecule has 5 heterocycles. The van der Waals surface area contributed by atoms with Gasteiger partial charge < -0.3 is 19.3 Å². The van der Waals surface area contributed by atoms with Crippen molar-refractivity contribution in [1.82, 2.24) is 29.9 Å². The van der Waals surface area contributed by atoms with E-state index in [1.807, 2.05) is 26.0 Å². The van der Waals surface area contributed by atoms with Gasteiger partial charge in [0.2, 0.25) is 11.8 Å². The highest BCUT2D eigenvalue weighted by atomic mass is 79.9. The molecule has 2 N–H and O–H groups in total. The molecular weight excluding hydrogens is 581 g/mol. The van der Waals surface area contributed by atoms with E-state index in [1.165, 1.54) is 25.2 Å². The van der Waals surface area contributed by atoms with Crippen molar-refractivity contribution >= 4 is 15.9 Å². The van der Waals surface area contributed by atoms with Crippen molar-refractivity contribution in [1.29, 1.82) is 0 Å². The minimum atomic E-state index is -0.569. The van der Waals surface area contributed by atoms with Gasteiger partial charge in [0.25, 0.3) is 0 Å². The molecule has 0 aliphatic heterocycles. The van der Waals surface area contributed by atoms with Crippen molar-refractivity contribution in [3.05, 3.63) is 78.2 Å². The second-order valence-electron chi connectivity index (χ2n) is 9.83. The number of aromatic nitrogens is 6. The highest BCUT2D eigenvalue weighted by molar-refractivity contribution is 9.10. The SMILES string of the molecule is Cc1nccc(-c2cnc(OC[C@@](C)(N)CC(C)C)c(-c3cnco3)c2)n1.Fc1ncc(Br)cc1-c1cnco1. The summed E-state index contributed by atoms with van der Waals surface area (Å²) in [4.78, 5) is 24.3. The number of aryl methyl sites for hydroxylation is 1. The van der Waals surface area contributed by atoms with Crippen LogP contribution in [0, 0.1) is 18.8 Å². The zero-order chi connectivity index (χ0) is 28.7. The molecule has 5 rings (SSSR count). The van der Waals surface area contributed by atoms with Crippen LogP contribution in [0.15, 0.2) is 75.3 Å². The number of pyridine rings is 2. The molecule has 0 bridgehead atoms. The molecule has 5 aromatic rings. The highest BCUT2D eigenvalue weighted by Gasteiger charge is 2.23. The number of nitrogens with zero attached hydrogens (tertiary/aromatic N) is 6. The Morgan fingerprint density at radius 3 is 2.33 bits per heavy atom. The van der Waals surface area contributed by atoms with Gasteiger partial charge in [0.1, 0.15) is 12.4 Å². The zero-order valence-corrected chi connectivity index (χ0v) is 24.1. The van der Waals surface area contributed by atoms with E-state index in [4.69, 9.17) is 19.3 Å². The van der Waals surface area contributed by atoms with Crippen molar-refractivity contribution in [2.75, 3.05) is 6.61 Å². The van der Waals surface area contributed by atoms with Gasteiger partial charge in [0, 0.05) is 34.2 Å². The van der Waals surface area contributed by atoms with Crippen LogP contribution in [0.2, 0.25) is 0 Å². The topological polar surface area (TPSA) is 139 Å². The minimum Gasteiger partial charge on any atom is -0.475 e. The number of halogens is 2. The van der Waals surface area contributed by atoms with Crippen LogP contribution in [-0.2, 0) is 0 Å². The van der Waals surface area contributed by atoms with Gasteiger partial charge in [-0.05, 0) is 60.3 Å². The lowest BCUT2D eigenvalue weighted by atomic mass is 9.93. The Morgan fingerprint density at radius 1 is 1.00 bits per heavy atom. The summed E-state index contributed by atoms with van der Waals surface area (Å²) in [5, 5.41) is 0. The molecule has 0 unspecified atom stereocenters. The predicted octanol–water partition coefficient (Wildman–Crippen LogP) is 6.28. The summed E-state index contributed by atoms with van der Waals surface area (Å²) in [6.07, 6.45) is 11.4. The smallest absolute Gasteiger partial charge is 0.224 e. The molecule has 0 amide bonds. The molecular formula is C28H29BrFN7O3. The Hall–Kier alpha value is -4.03. The first kappa shape index (κ1) is 29.0. The van der Waals surface area contributed by atoms with Crippen molar-refractivity contribution in [2.24, 2.45) is 11.7 Å². The van der Waals surface area contributed by atoms with E-state index >= 15 is 0 Å². The second kappa shape index (κ2) is 12.9. The number of rotatable bonds is 8. The molecule has 0 fully saturated rings. The van der Waals surface area contributed by atoms with Gasteiger partial charge in [0.15, 0.2) is 24.3 Å². The number of nitrogens with two attached hydrogens (primary N) is 1. The lowest BCUT2D eigenvalue weighted by Gasteiger charge is -2.26. The number of oxazole rings is 2. The maximum Gasteiger partial charge on any atom is 0.224 e. The molecule has 0 saturated heterocycles. The molecule has 10 nitrogen and oxygen atoms in total. The molecule has 0 radical (unpaired) electrons. The monoisotopic (exact) mass is 609 g/mol. The average molecular weight is 610 g/mol. The van der Waals surface area contributed by atoms with Crippen LogP contribution in [-0.4, -0.2) is 42.0 Å². The summed E-state index contributed by atoms with van der Waals surface area (Å²) < 4.78 is 30.2. The van der Waals surface area contributed by atoms with Crippen LogP contribution in [0.3, 0.4) is 0 Å². The summed E-state index contributed by atoms with van der Waals surface area (Å²) in [5.41, 5.74) is 8.55. The van der Waals surface area contributed by atoms with Gasteiger partial charge >= 0.3 is 0 Å². The third-order valence-electron chi connectivity index (χ3n) is 5.54. The Bertz CT molecular complexity index is 1530. The molecule has 5 aromatic heterocycles. The van der Waals surface area contributed by atoms with E-state index in [0.29, 0.717) is 51.3 Å². The Morgan fingerprint density at radius 2 is 1.70 bits per heavy atom. The van der Waals surface area contributed by atoms with Crippen molar-refractivity contribution in [2.45, 2.75) is 39.7 Å². The van der Waals surface area contributed by atoms with Gasteiger partial charge in [-0.1, -0.05) is 13.8 Å². The fraction of sp³-hybridized carbons (Fsp3) is 0.286. The van der Waals surface area contributed by atoms with Crippen LogP contribution in [0.5, 0.6) is 5.88 Å². The lowest BCUT2D eigenvalue weighted by Crippen LogP contribution is -2.43. The third-order valence-corrected chi connectivity index (χ3v) is 5.97. The molecule has 0 aliphatic rings. The maximum absolute atomic E-state index is 13.1. The van der Waals surface area contributed by atoms with E-state index in [-0.39, 0.29) is 0 Å². The fourth-order valence-electron chi connectivity index (χ4n) is 4.02. The van der Waals surface area contributed by atoms with Gasteiger partial charge in [-0.2, -0.15) is 4.39 Å². The molecule has 0 saturated carbocycles. The summed E-state index contributed by atoms with van der Waals surface area (Å²) in [7, 11) is 0. The van der Waals surface area contributed by atoms with Crippen molar-refractivity contribution in [3.63, 3.8) is 0 Å². The summed E-state index contributed by atoms with van der Waals surface area (Å²) in [5.74, 6) is 2.01. The van der Waals surface area contributed by atoms with E-state index < -0.39 is 11.5 Å². The van der Waals surface area contributed by atoms with Crippen LogP contribution < -0.4 is 10.5 Å². The average Bonchev–Trinajstić information content (AvgIpc) is 3.64. The number of hydrogen-bond donors (Lipinski definition) is 1. The van der Waals surface area contributed by atoms with E-state index in [2.05, 4.69) is 59.7 Å². The minimum absolute atomic E-state index is 0.298. The quantitative estimate of drug-likeness (QED) is 0.200. The fourth-order valence-corrected chi connectivity index (χ4v) is 4.35. The Labute approximate surface area is 239 Å². The zero-order valence-electron chi connectivity index (χ0n) is 22.5. The molecule has 40 heavy (non-hydrogen) atoms. The predicted molar refractivity (Wildman–Crippen MR) is 150 cm³/mol. The van der Waals surface area contributed by atoms with Gasteiger partial charge in [-0.3, -0.25) is 0 Å². The van der Waals surface area contributed by atoms with Crippen LogP contribution in [0.25, 0.3) is 33.9 Å². The third kappa shape index (κ3) is 7.76. The van der Waals surface area contributed by atoms with Gasteiger partial charge in [-0.25, -0.2) is 29.9 Å². The van der Waals surface area contributed by atoms with Crippen molar-refractivity contribution < 1.29 is 18.0 Å². The largest absolute Gasteiger partial charge is 0.475 e. The molecule has 1 atom stereocenters. The van der Waals surface area contributed by atoms with E-state index in [1.54, 1.807) is 24.7 Å². The summed E-state index contributed by atoms with van der Waals surface area (Å²) in [6, 6.07) is 5.36. The maximum atomic E-state index is 13.1.